The highest BCUT2D eigenvalue weighted by atomic mass is 15.1. The molecule has 5 nitrogen and oxygen atoms in total. The first-order valence-corrected chi connectivity index (χ1v) is 6.07. The summed E-state index contributed by atoms with van der Waals surface area (Å²) in [7, 11) is 0. The van der Waals surface area contributed by atoms with Crippen molar-refractivity contribution in [3.63, 3.8) is 0 Å². The Bertz CT molecular complexity index is 476. The number of hydrogen-bond donors (Lipinski definition) is 2. The van der Waals surface area contributed by atoms with Gasteiger partial charge in [-0.05, 0) is 25.7 Å². The maximum Gasteiger partial charge on any atom is 0.182 e. The zero-order valence-electron chi connectivity index (χ0n) is 10.6. The molecule has 2 aromatic heterocycles. The second kappa shape index (κ2) is 5.12. The van der Waals surface area contributed by atoms with Gasteiger partial charge in [0.1, 0.15) is 11.8 Å². The number of hydrogen-bond acceptors (Lipinski definition) is 4. The zero-order chi connectivity index (χ0) is 12.3. The van der Waals surface area contributed by atoms with Crippen LogP contribution in [0.3, 0.4) is 0 Å². The molecule has 0 aliphatic rings. The van der Waals surface area contributed by atoms with E-state index in [0.29, 0.717) is 11.7 Å². The molecule has 0 aliphatic carbocycles. The number of aromatic amines is 1. The van der Waals surface area contributed by atoms with Crippen molar-refractivity contribution in [2.75, 3.05) is 5.32 Å². The maximum absolute atomic E-state index is 4.25. The summed E-state index contributed by atoms with van der Waals surface area (Å²) in [5.41, 5.74) is 1.59. The van der Waals surface area contributed by atoms with E-state index in [1.807, 2.05) is 0 Å². The highest BCUT2D eigenvalue weighted by Gasteiger charge is 2.09. The smallest absolute Gasteiger partial charge is 0.182 e. The Kier molecular flexibility index (Phi) is 3.56. The van der Waals surface area contributed by atoms with Crippen LogP contribution in [0.4, 0.5) is 5.82 Å². The Balaban J connectivity index is 2.05. The molecular weight excluding hydrogens is 214 g/mol. The van der Waals surface area contributed by atoms with Crippen LogP contribution >= 0.6 is 0 Å². The standard InChI is InChI=1S/C12H19N5/c1-8(2)4-5-9(3)17-12-10-11(14-6-13-10)15-7-16-12/h6-9H,4-5H2,1-3H3,(H2,13,14,15,16,17). The van der Waals surface area contributed by atoms with Gasteiger partial charge < -0.3 is 10.3 Å². The van der Waals surface area contributed by atoms with Crippen molar-refractivity contribution in [2.45, 2.75) is 39.7 Å². The monoisotopic (exact) mass is 233 g/mol. The highest BCUT2D eigenvalue weighted by molar-refractivity contribution is 5.81. The topological polar surface area (TPSA) is 66.5 Å². The minimum Gasteiger partial charge on any atom is -0.366 e. The van der Waals surface area contributed by atoms with Gasteiger partial charge in [-0.15, -0.1) is 0 Å². The summed E-state index contributed by atoms with van der Waals surface area (Å²) >= 11 is 0. The summed E-state index contributed by atoms with van der Waals surface area (Å²) in [4.78, 5) is 15.5. The number of nitrogens with one attached hydrogen (secondary N) is 2. The molecule has 2 heterocycles. The number of rotatable bonds is 5. The normalized spacial score (nSPS) is 13.2. The summed E-state index contributed by atoms with van der Waals surface area (Å²) < 4.78 is 0. The number of fused-ring (bicyclic) bond motifs is 1. The highest BCUT2D eigenvalue weighted by Crippen LogP contribution is 2.17. The van der Waals surface area contributed by atoms with Crippen LogP contribution in [0.15, 0.2) is 12.7 Å². The molecular formula is C12H19N5. The Hall–Kier alpha value is -1.65. The molecule has 0 bridgehead atoms. The summed E-state index contributed by atoms with van der Waals surface area (Å²) in [5, 5.41) is 3.40. The summed E-state index contributed by atoms with van der Waals surface area (Å²) in [6, 6.07) is 0.402. The molecule has 0 amide bonds. The average molecular weight is 233 g/mol. The van der Waals surface area contributed by atoms with Crippen LogP contribution < -0.4 is 5.32 Å². The lowest BCUT2D eigenvalue weighted by atomic mass is 10.0. The first-order chi connectivity index (χ1) is 8.16. The van der Waals surface area contributed by atoms with Gasteiger partial charge in [0, 0.05) is 6.04 Å². The van der Waals surface area contributed by atoms with Crippen LogP contribution in [-0.4, -0.2) is 26.0 Å². The molecule has 2 N–H and O–H groups in total. The van der Waals surface area contributed by atoms with Gasteiger partial charge in [0.25, 0.3) is 0 Å². The quantitative estimate of drug-likeness (QED) is 0.833. The molecule has 17 heavy (non-hydrogen) atoms. The summed E-state index contributed by atoms with van der Waals surface area (Å²) in [6.07, 6.45) is 5.53. The van der Waals surface area contributed by atoms with E-state index in [1.54, 1.807) is 12.7 Å². The van der Waals surface area contributed by atoms with Crippen LogP contribution in [0.2, 0.25) is 0 Å². The largest absolute Gasteiger partial charge is 0.366 e. The Morgan fingerprint density at radius 1 is 1.18 bits per heavy atom. The molecule has 0 radical (unpaired) electrons. The van der Waals surface area contributed by atoms with E-state index in [0.717, 1.165) is 23.7 Å². The molecule has 5 heteroatoms. The lowest BCUT2D eigenvalue weighted by Gasteiger charge is -2.15. The predicted octanol–water partition coefficient (Wildman–Crippen LogP) is 2.59. The molecule has 92 valence electrons. The molecule has 0 aromatic carbocycles. The molecule has 1 atom stereocenters. The van der Waals surface area contributed by atoms with Crippen LogP contribution in [0.25, 0.3) is 11.2 Å². The van der Waals surface area contributed by atoms with E-state index in [4.69, 9.17) is 0 Å². The van der Waals surface area contributed by atoms with E-state index in [-0.39, 0.29) is 0 Å². The van der Waals surface area contributed by atoms with E-state index in [9.17, 15) is 0 Å². The molecule has 0 fully saturated rings. The minimum atomic E-state index is 0.402. The first-order valence-electron chi connectivity index (χ1n) is 6.07. The first kappa shape index (κ1) is 11.8. The van der Waals surface area contributed by atoms with Gasteiger partial charge in [0.15, 0.2) is 11.5 Å². The molecule has 2 rings (SSSR count). The van der Waals surface area contributed by atoms with Gasteiger partial charge in [-0.2, -0.15) is 0 Å². The van der Waals surface area contributed by atoms with Crippen molar-refractivity contribution in [3.05, 3.63) is 12.7 Å². The van der Waals surface area contributed by atoms with Crippen molar-refractivity contribution in [1.29, 1.82) is 0 Å². The fourth-order valence-electron chi connectivity index (χ4n) is 1.76. The fourth-order valence-corrected chi connectivity index (χ4v) is 1.76. The van der Waals surface area contributed by atoms with Crippen LogP contribution in [0, 0.1) is 5.92 Å². The third-order valence-electron chi connectivity index (χ3n) is 2.78. The Morgan fingerprint density at radius 3 is 2.76 bits per heavy atom. The van der Waals surface area contributed by atoms with Crippen molar-refractivity contribution in [2.24, 2.45) is 5.92 Å². The van der Waals surface area contributed by atoms with Crippen molar-refractivity contribution in [3.8, 4) is 0 Å². The molecule has 0 saturated heterocycles. The minimum absolute atomic E-state index is 0.402. The van der Waals surface area contributed by atoms with Crippen LogP contribution in [0.5, 0.6) is 0 Å². The third-order valence-corrected chi connectivity index (χ3v) is 2.78. The molecule has 0 saturated carbocycles. The van der Waals surface area contributed by atoms with E-state index in [2.05, 4.69) is 46.0 Å². The number of H-pyrrole nitrogens is 1. The van der Waals surface area contributed by atoms with Gasteiger partial charge >= 0.3 is 0 Å². The SMILES string of the molecule is CC(C)CCC(C)Nc1ncnc2nc[nH]c12. The zero-order valence-corrected chi connectivity index (χ0v) is 10.6. The number of imidazole rings is 1. The summed E-state index contributed by atoms with van der Waals surface area (Å²) in [5.74, 6) is 1.57. The molecule has 0 aliphatic heterocycles. The third kappa shape index (κ3) is 2.93. The maximum atomic E-state index is 4.25. The Labute approximate surface area is 101 Å². The van der Waals surface area contributed by atoms with E-state index < -0.39 is 0 Å². The lowest BCUT2D eigenvalue weighted by Crippen LogP contribution is -2.17. The van der Waals surface area contributed by atoms with Gasteiger partial charge in [0.2, 0.25) is 0 Å². The van der Waals surface area contributed by atoms with E-state index in [1.165, 1.54) is 6.42 Å². The van der Waals surface area contributed by atoms with Crippen LogP contribution in [-0.2, 0) is 0 Å². The fraction of sp³-hybridized carbons (Fsp3) is 0.583. The summed E-state index contributed by atoms with van der Waals surface area (Å²) in [6.45, 7) is 6.65. The van der Waals surface area contributed by atoms with Crippen molar-refractivity contribution < 1.29 is 0 Å². The number of nitrogens with zero attached hydrogens (tertiary/aromatic N) is 3. The van der Waals surface area contributed by atoms with Gasteiger partial charge in [0.05, 0.1) is 6.33 Å². The molecule has 0 spiro atoms. The number of anilines is 1. The average Bonchev–Trinajstić information content (AvgIpc) is 2.75. The molecule has 1 unspecified atom stereocenters. The lowest BCUT2D eigenvalue weighted by molar-refractivity contribution is 0.527. The second-order valence-electron chi connectivity index (χ2n) is 4.84. The van der Waals surface area contributed by atoms with Crippen molar-refractivity contribution >= 4 is 17.0 Å². The van der Waals surface area contributed by atoms with Gasteiger partial charge in [-0.25, -0.2) is 15.0 Å². The van der Waals surface area contributed by atoms with E-state index >= 15 is 0 Å². The predicted molar refractivity (Wildman–Crippen MR) is 68.8 cm³/mol. The Morgan fingerprint density at radius 2 is 2.00 bits per heavy atom. The van der Waals surface area contributed by atoms with Gasteiger partial charge in [-0.3, -0.25) is 0 Å². The number of aromatic nitrogens is 4. The second-order valence-corrected chi connectivity index (χ2v) is 4.84. The molecule has 2 aromatic rings. The van der Waals surface area contributed by atoms with Crippen LogP contribution in [0.1, 0.15) is 33.6 Å². The van der Waals surface area contributed by atoms with Gasteiger partial charge in [-0.1, -0.05) is 13.8 Å². The van der Waals surface area contributed by atoms with Crippen molar-refractivity contribution in [1.82, 2.24) is 19.9 Å².